The highest BCUT2D eigenvalue weighted by Crippen LogP contribution is 2.39. The lowest BCUT2D eigenvalue weighted by atomic mass is 9.76. The topological polar surface area (TPSA) is 12.0 Å². The van der Waals surface area contributed by atoms with Crippen molar-refractivity contribution in [3.8, 4) is 0 Å². The van der Waals surface area contributed by atoms with Crippen molar-refractivity contribution >= 4 is 5.69 Å². The van der Waals surface area contributed by atoms with Gasteiger partial charge >= 0.3 is 0 Å². The molecule has 1 aromatic carbocycles. The van der Waals surface area contributed by atoms with E-state index in [0.717, 1.165) is 18.4 Å². The quantitative estimate of drug-likeness (QED) is 0.342. The number of hydrogen-bond donors (Lipinski definition) is 1. The summed E-state index contributed by atoms with van der Waals surface area (Å²) in [4.78, 5) is 0. The van der Waals surface area contributed by atoms with E-state index in [1.165, 1.54) is 101 Å². The highest BCUT2D eigenvalue weighted by atomic mass is 14.9. The van der Waals surface area contributed by atoms with Crippen LogP contribution in [0.1, 0.15) is 121 Å². The highest BCUT2D eigenvalue weighted by Gasteiger charge is 2.23. The summed E-state index contributed by atoms with van der Waals surface area (Å²) in [5.41, 5.74) is 4.41. The van der Waals surface area contributed by atoms with Crippen molar-refractivity contribution in [1.82, 2.24) is 0 Å². The molecule has 0 spiro atoms. The summed E-state index contributed by atoms with van der Waals surface area (Å²) in [6.07, 6.45) is 19.8. The second-order valence-corrected chi connectivity index (χ2v) is 8.98. The van der Waals surface area contributed by atoms with Crippen molar-refractivity contribution in [3.05, 3.63) is 29.3 Å². The SMILES string of the molecule is CCCCCCCCC[C@H]1CC[C@H](c2ccc(NCCCC)cc2C)CC1. The van der Waals surface area contributed by atoms with Gasteiger partial charge in [0.1, 0.15) is 0 Å². The minimum Gasteiger partial charge on any atom is -0.385 e. The Kier molecular flexibility index (Phi) is 10.9. The summed E-state index contributed by atoms with van der Waals surface area (Å²) in [6, 6.07) is 7.09. The summed E-state index contributed by atoms with van der Waals surface area (Å²) in [5, 5.41) is 3.57. The van der Waals surface area contributed by atoms with Crippen LogP contribution in [0.25, 0.3) is 0 Å². The summed E-state index contributed by atoms with van der Waals surface area (Å²) in [5.74, 6) is 1.81. The molecule has 27 heavy (non-hydrogen) atoms. The molecule has 154 valence electrons. The second kappa shape index (κ2) is 13.2. The first-order valence-corrected chi connectivity index (χ1v) is 12.1. The molecule has 0 bridgehead atoms. The molecule has 2 rings (SSSR count). The fraction of sp³-hybridized carbons (Fsp3) is 0.769. The van der Waals surface area contributed by atoms with Gasteiger partial charge in [-0.05, 0) is 74.1 Å². The van der Waals surface area contributed by atoms with Crippen LogP contribution in [0.4, 0.5) is 5.69 Å². The predicted octanol–water partition coefficient (Wildman–Crippen LogP) is 8.62. The molecular weight excluding hydrogens is 326 g/mol. The van der Waals surface area contributed by atoms with Crippen LogP contribution in [-0.4, -0.2) is 6.54 Å². The first-order chi connectivity index (χ1) is 13.2. The van der Waals surface area contributed by atoms with Crippen molar-refractivity contribution in [2.24, 2.45) is 5.92 Å². The molecule has 0 aliphatic heterocycles. The Bertz CT molecular complexity index is 499. The summed E-state index contributed by atoms with van der Waals surface area (Å²) < 4.78 is 0. The van der Waals surface area contributed by atoms with E-state index in [9.17, 15) is 0 Å². The number of anilines is 1. The molecule has 1 nitrogen and oxygen atoms in total. The highest BCUT2D eigenvalue weighted by molar-refractivity contribution is 5.49. The van der Waals surface area contributed by atoms with E-state index in [4.69, 9.17) is 0 Å². The molecule has 1 aliphatic carbocycles. The fourth-order valence-corrected chi connectivity index (χ4v) is 4.81. The van der Waals surface area contributed by atoms with E-state index in [1.54, 1.807) is 5.56 Å². The zero-order chi connectivity index (χ0) is 19.3. The number of rotatable bonds is 13. The molecular formula is C26H45N. The number of aryl methyl sites for hydroxylation is 1. The molecule has 1 aliphatic rings. The molecule has 0 amide bonds. The molecule has 1 aromatic rings. The third-order valence-corrected chi connectivity index (χ3v) is 6.63. The Morgan fingerprint density at radius 3 is 2.15 bits per heavy atom. The molecule has 0 unspecified atom stereocenters. The predicted molar refractivity (Wildman–Crippen MR) is 122 cm³/mol. The zero-order valence-electron chi connectivity index (χ0n) is 18.5. The van der Waals surface area contributed by atoms with Gasteiger partial charge in [0.25, 0.3) is 0 Å². The molecule has 0 atom stereocenters. The largest absolute Gasteiger partial charge is 0.385 e. The van der Waals surface area contributed by atoms with Crippen LogP contribution >= 0.6 is 0 Å². The molecule has 1 saturated carbocycles. The molecule has 1 heteroatoms. The lowest BCUT2D eigenvalue weighted by Gasteiger charge is -2.30. The minimum absolute atomic E-state index is 0.806. The van der Waals surface area contributed by atoms with E-state index < -0.39 is 0 Å². The summed E-state index contributed by atoms with van der Waals surface area (Å²) in [7, 11) is 0. The first-order valence-electron chi connectivity index (χ1n) is 12.1. The lowest BCUT2D eigenvalue weighted by Crippen LogP contribution is -2.14. The van der Waals surface area contributed by atoms with Gasteiger partial charge in [0, 0.05) is 12.2 Å². The second-order valence-electron chi connectivity index (χ2n) is 8.98. The van der Waals surface area contributed by atoms with Gasteiger partial charge in [-0.3, -0.25) is 0 Å². The van der Waals surface area contributed by atoms with E-state index in [0.29, 0.717) is 0 Å². The lowest BCUT2D eigenvalue weighted by molar-refractivity contribution is 0.301. The minimum atomic E-state index is 0.806. The molecule has 1 fully saturated rings. The summed E-state index contributed by atoms with van der Waals surface area (Å²) in [6.45, 7) is 7.96. The van der Waals surface area contributed by atoms with Gasteiger partial charge < -0.3 is 5.32 Å². The first kappa shape index (κ1) is 22.3. The third-order valence-electron chi connectivity index (χ3n) is 6.63. The molecule has 0 saturated heterocycles. The Morgan fingerprint density at radius 2 is 1.48 bits per heavy atom. The van der Waals surface area contributed by atoms with Crippen LogP contribution in [0.2, 0.25) is 0 Å². The number of unbranched alkanes of at least 4 members (excludes halogenated alkanes) is 7. The van der Waals surface area contributed by atoms with Crippen LogP contribution in [0.3, 0.4) is 0 Å². The van der Waals surface area contributed by atoms with E-state index in [2.05, 4.69) is 44.3 Å². The van der Waals surface area contributed by atoms with Gasteiger partial charge in [-0.15, -0.1) is 0 Å². The average molecular weight is 372 g/mol. The Morgan fingerprint density at radius 1 is 0.815 bits per heavy atom. The third kappa shape index (κ3) is 8.28. The van der Waals surface area contributed by atoms with E-state index in [-0.39, 0.29) is 0 Å². The van der Waals surface area contributed by atoms with Crippen LogP contribution in [-0.2, 0) is 0 Å². The van der Waals surface area contributed by atoms with Crippen LogP contribution in [0.5, 0.6) is 0 Å². The van der Waals surface area contributed by atoms with Crippen molar-refractivity contribution in [2.75, 3.05) is 11.9 Å². The average Bonchev–Trinajstić information content (AvgIpc) is 2.68. The zero-order valence-corrected chi connectivity index (χ0v) is 18.5. The van der Waals surface area contributed by atoms with Crippen molar-refractivity contribution in [2.45, 2.75) is 117 Å². The van der Waals surface area contributed by atoms with Gasteiger partial charge in [0.15, 0.2) is 0 Å². The van der Waals surface area contributed by atoms with Crippen LogP contribution < -0.4 is 5.32 Å². The number of nitrogens with one attached hydrogen (secondary N) is 1. The Balaban J connectivity index is 1.66. The van der Waals surface area contributed by atoms with Crippen LogP contribution in [0.15, 0.2) is 18.2 Å². The Labute approximate surface area is 169 Å². The van der Waals surface area contributed by atoms with Crippen molar-refractivity contribution in [1.29, 1.82) is 0 Å². The van der Waals surface area contributed by atoms with E-state index >= 15 is 0 Å². The molecule has 1 N–H and O–H groups in total. The number of benzene rings is 1. The monoisotopic (exact) mass is 371 g/mol. The standard InChI is InChI=1S/C26H45N/c1-4-6-8-9-10-11-12-13-23-14-16-24(17-15-23)26-19-18-25(21-22(26)3)27-20-7-5-2/h18-19,21,23-24,27H,4-17,20H2,1-3H3/t23-,24-. The van der Waals surface area contributed by atoms with Gasteiger partial charge in [-0.1, -0.05) is 77.7 Å². The fourth-order valence-electron chi connectivity index (χ4n) is 4.81. The molecule has 0 aromatic heterocycles. The van der Waals surface area contributed by atoms with Crippen molar-refractivity contribution < 1.29 is 0 Å². The van der Waals surface area contributed by atoms with Gasteiger partial charge in [0.05, 0.1) is 0 Å². The van der Waals surface area contributed by atoms with Gasteiger partial charge in [0.2, 0.25) is 0 Å². The maximum Gasteiger partial charge on any atom is 0.0343 e. The number of hydrogen-bond acceptors (Lipinski definition) is 1. The van der Waals surface area contributed by atoms with Gasteiger partial charge in [-0.2, -0.15) is 0 Å². The maximum absolute atomic E-state index is 3.57. The van der Waals surface area contributed by atoms with Gasteiger partial charge in [-0.25, -0.2) is 0 Å². The Hall–Kier alpha value is -0.980. The normalized spacial score (nSPS) is 20.0. The smallest absolute Gasteiger partial charge is 0.0343 e. The summed E-state index contributed by atoms with van der Waals surface area (Å²) >= 11 is 0. The van der Waals surface area contributed by atoms with Crippen LogP contribution in [0, 0.1) is 12.8 Å². The van der Waals surface area contributed by atoms with E-state index in [1.807, 2.05) is 0 Å². The molecule has 0 radical (unpaired) electrons. The maximum atomic E-state index is 3.57. The molecule has 0 heterocycles. The van der Waals surface area contributed by atoms with Crippen molar-refractivity contribution in [3.63, 3.8) is 0 Å².